The molecule has 0 bridgehead atoms. The molecule has 74 valence electrons. The highest BCUT2D eigenvalue weighted by Gasteiger charge is 2.29. The quantitative estimate of drug-likeness (QED) is 0.688. The number of nitrogens with one attached hydrogen (secondary N) is 1. The highest BCUT2D eigenvalue weighted by Crippen LogP contribution is 2.36. The lowest BCUT2D eigenvalue weighted by Crippen LogP contribution is -2.19. The molecule has 0 atom stereocenters. The Morgan fingerprint density at radius 1 is 1.43 bits per heavy atom. The summed E-state index contributed by atoms with van der Waals surface area (Å²) in [5.41, 5.74) is 3.37. The maximum Gasteiger partial charge on any atom is 0.159 e. The Hall–Kier alpha value is -1.31. The zero-order chi connectivity index (χ0) is 10.3. The molecule has 0 unspecified atom stereocenters. The summed E-state index contributed by atoms with van der Waals surface area (Å²) < 4.78 is 0. The van der Waals surface area contributed by atoms with Crippen LogP contribution in [0.4, 0.5) is 5.69 Å². The lowest BCUT2D eigenvalue weighted by atomic mass is 9.86. The van der Waals surface area contributed by atoms with Gasteiger partial charge in [-0.3, -0.25) is 4.79 Å². The number of carbonyl (C=O) groups is 1. The fraction of sp³-hybridized carbons (Fsp3) is 0.417. The Kier molecular flexibility index (Phi) is 1.88. The number of carbonyl (C=O) groups excluding carboxylic acids is 1. The summed E-state index contributed by atoms with van der Waals surface area (Å²) in [5, 5.41) is 3.35. The van der Waals surface area contributed by atoms with Crippen LogP contribution in [0.15, 0.2) is 18.2 Å². The minimum atomic E-state index is 0.135. The summed E-state index contributed by atoms with van der Waals surface area (Å²) in [5.74, 6) is 0.135. The molecule has 1 N–H and O–H groups in total. The third kappa shape index (κ3) is 1.31. The zero-order valence-electron chi connectivity index (χ0n) is 8.85. The number of fused-ring (bicyclic) bond motifs is 1. The van der Waals surface area contributed by atoms with Crippen molar-refractivity contribution in [3.63, 3.8) is 0 Å². The van der Waals surface area contributed by atoms with Crippen molar-refractivity contribution in [3.8, 4) is 0 Å². The molecule has 1 aromatic carbocycles. The van der Waals surface area contributed by atoms with E-state index < -0.39 is 0 Å². The normalized spacial score (nSPS) is 17.4. The van der Waals surface area contributed by atoms with Crippen LogP contribution in [0.1, 0.15) is 36.7 Å². The van der Waals surface area contributed by atoms with Gasteiger partial charge >= 0.3 is 0 Å². The third-order valence-corrected chi connectivity index (χ3v) is 2.88. The number of ketones is 1. The van der Waals surface area contributed by atoms with Gasteiger partial charge < -0.3 is 5.32 Å². The summed E-state index contributed by atoms with van der Waals surface area (Å²) in [6.07, 6.45) is 0. The first-order chi connectivity index (χ1) is 6.50. The van der Waals surface area contributed by atoms with Gasteiger partial charge in [-0.15, -0.1) is 0 Å². The molecule has 0 fully saturated rings. The second-order valence-corrected chi connectivity index (χ2v) is 4.55. The molecule has 2 nitrogen and oxygen atoms in total. The van der Waals surface area contributed by atoms with E-state index in [1.165, 1.54) is 11.3 Å². The minimum absolute atomic E-state index is 0.135. The molecule has 1 aromatic rings. The Balaban J connectivity index is 2.53. The highest BCUT2D eigenvalue weighted by molar-refractivity contribution is 5.95. The van der Waals surface area contributed by atoms with Gasteiger partial charge in [-0.1, -0.05) is 13.8 Å². The van der Waals surface area contributed by atoms with Crippen molar-refractivity contribution in [1.82, 2.24) is 0 Å². The van der Waals surface area contributed by atoms with Crippen LogP contribution in [0.5, 0.6) is 0 Å². The van der Waals surface area contributed by atoms with E-state index in [1.54, 1.807) is 6.92 Å². The monoisotopic (exact) mass is 189 g/mol. The van der Waals surface area contributed by atoms with E-state index in [1.807, 2.05) is 18.2 Å². The molecule has 0 aliphatic carbocycles. The largest absolute Gasteiger partial charge is 0.384 e. The highest BCUT2D eigenvalue weighted by atomic mass is 16.1. The van der Waals surface area contributed by atoms with Crippen LogP contribution in [0.2, 0.25) is 0 Å². The molecule has 0 amide bonds. The number of hydrogen-bond acceptors (Lipinski definition) is 2. The summed E-state index contributed by atoms with van der Waals surface area (Å²) >= 11 is 0. The van der Waals surface area contributed by atoms with Crippen LogP contribution in [0.25, 0.3) is 0 Å². The summed E-state index contributed by atoms with van der Waals surface area (Å²) in [4.78, 5) is 11.2. The molecule has 0 radical (unpaired) electrons. The smallest absolute Gasteiger partial charge is 0.159 e. The molecule has 14 heavy (non-hydrogen) atoms. The maximum absolute atomic E-state index is 11.2. The third-order valence-electron chi connectivity index (χ3n) is 2.88. The Morgan fingerprint density at radius 2 is 2.14 bits per heavy atom. The predicted octanol–water partition coefficient (Wildman–Crippen LogP) is 2.59. The topological polar surface area (TPSA) is 29.1 Å². The Labute approximate surface area is 84.3 Å². The number of rotatable bonds is 1. The average molecular weight is 189 g/mol. The molecule has 1 aliphatic rings. The number of anilines is 1. The molecular weight excluding hydrogens is 174 g/mol. The predicted molar refractivity (Wildman–Crippen MR) is 58.0 cm³/mol. The first kappa shape index (κ1) is 9.25. The Morgan fingerprint density at radius 3 is 2.79 bits per heavy atom. The molecule has 2 rings (SSSR count). The van der Waals surface area contributed by atoms with Gasteiger partial charge in [0.15, 0.2) is 5.78 Å². The van der Waals surface area contributed by atoms with Crippen LogP contribution in [0.3, 0.4) is 0 Å². The zero-order valence-corrected chi connectivity index (χ0v) is 8.85. The van der Waals surface area contributed by atoms with Gasteiger partial charge in [0.25, 0.3) is 0 Å². The Bertz CT molecular complexity index is 393. The first-order valence-corrected chi connectivity index (χ1v) is 4.90. The van der Waals surface area contributed by atoms with Crippen molar-refractivity contribution >= 4 is 11.5 Å². The summed E-state index contributed by atoms with van der Waals surface area (Å²) in [6, 6.07) is 5.90. The summed E-state index contributed by atoms with van der Waals surface area (Å²) in [6.45, 7) is 6.94. The van der Waals surface area contributed by atoms with E-state index in [9.17, 15) is 4.79 Å². The van der Waals surface area contributed by atoms with E-state index in [4.69, 9.17) is 0 Å². The molecule has 0 saturated heterocycles. The van der Waals surface area contributed by atoms with Crippen molar-refractivity contribution in [3.05, 3.63) is 29.3 Å². The molecule has 1 aliphatic heterocycles. The van der Waals surface area contributed by atoms with Gasteiger partial charge in [0.2, 0.25) is 0 Å². The van der Waals surface area contributed by atoms with Gasteiger partial charge in [0.05, 0.1) is 0 Å². The van der Waals surface area contributed by atoms with E-state index in [0.29, 0.717) is 0 Å². The molecule has 0 aromatic heterocycles. The number of benzene rings is 1. The fourth-order valence-corrected chi connectivity index (χ4v) is 1.89. The first-order valence-electron chi connectivity index (χ1n) is 4.90. The van der Waals surface area contributed by atoms with Crippen LogP contribution >= 0.6 is 0 Å². The standard InChI is InChI=1S/C12H15NO/c1-8(14)9-4-5-11-10(6-9)12(2,3)7-13-11/h4-6,13H,7H2,1-3H3. The van der Waals surface area contributed by atoms with Crippen LogP contribution in [0, 0.1) is 0 Å². The van der Waals surface area contributed by atoms with Crippen LogP contribution in [-0.4, -0.2) is 12.3 Å². The van der Waals surface area contributed by atoms with Gasteiger partial charge in [-0.2, -0.15) is 0 Å². The van der Waals surface area contributed by atoms with Crippen molar-refractivity contribution in [1.29, 1.82) is 0 Å². The molecule has 1 heterocycles. The van der Waals surface area contributed by atoms with Gasteiger partial charge in [-0.25, -0.2) is 0 Å². The van der Waals surface area contributed by atoms with Gasteiger partial charge in [-0.05, 0) is 30.7 Å². The van der Waals surface area contributed by atoms with Crippen molar-refractivity contribution < 1.29 is 4.79 Å². The van der Waals surface area contributed by atoms with Crippen molar-refractivity contribution in [2.75, 3.05) is 11.9 Å². The lowest BCUT2D eigenvalue weighted by molar-refractivity contribution is 0.101. The molecular formula is C12H15NO. The molecule has 2 heteroatoms. The van der Waals surface area contributed by atoms with Crippen molar-refractivity contribution in [2.45, 2.75) is 26.2 Å². The van der Waals surface area contributed by atoms with E-state index in [0.717, 1.165) is 12.1 Å². The van der Waals surface area contributed by atoms with E-state index in [-0.39, 0.29) is 11.2 Å². The maximum atomic E-state index is 11.2. The van der Waals surface area contributed by atoms with E-state index in [2.05, 4.69) is 19.2 Å². The summed E-state index contributed by atoms with van der Waals surface area (Å²) in [7, 11) is 0. The molecule has 0 saturated carbocycles. The second-order valence-electron chi connectivity index (χ2n) is 4.55. The number of hydrogen-bond donors (Lipinski definition) is 1. The van der Waals surface area contributed by atoms with Gasteiger partial charge in [0, 0.05) is 23.2 Å². The second kappa shape index (κ2) is 2.84. The van der Waals surface area contributed by atoms with Crippen LogP contribution < -0.4 is 5.32 Å². The number of Topliss-reactive ketones (excluding diaryl/α,β-unsaturated/α-hetero) is 1. The van der Waals surface area contributed by atoms with Gasteiger partial charge in [0.1, 0.15) is 0 Å². The molecule has 0 spiro atoms. The SMILES string of the molecule is CC(=O)c1ccc2c(c1)C(C)(C)CN2. The lowest BCUT2D eigenvalue weighted by Gasteiger charge is -2.17. The van der Waals surface area contributed by atoms with Crippen molar-refractivity contribution in [2.24, 2.45) is 0 Å². The minimum Gasteiger partial charge on any atom is -0.384 e. The fourth-order valence-electron chi connectivity index (χ4n) is 1.89. The van der Waals surface area contributed by atoms with Crippen LogP contribution in [-0.2, 0) is 5.41 Å². The van der Waals surface area contributed by atoms with E-state index >= 15 is 0 Å². The average Bonchev–Trinajstić information content (AvgIpc) is 2.42.